The number of hydrogen-bond acceptors (Lipinski definition) is 8. The zero-order valence-electron chi connectivity index (χ0n) is 17.6. The maximum absolute atomic E-state index is 14.1. The highest BCUT2D eigenvalue weighted by atomic mass is 32.2. The monoisotopic (exact) mass is 490 g/mol. The van der Waals surface area contributed by atoms with Crippen molar-refractivity contribution in [3.8, 4) is 10.8 Å². The number of thiophene rings is 1. The molecule has 9 nitrogen and oxygen atoms in total. The minimum absolute atomic E-state index is 0.171. The third kappa shape index (κ3) is 5.02. The number of nitrogens with zero attached hydrogens (tertiary/aromatic N) is 3. The number of carbonyl (C=O) groups excluding carboxylic acids is 1. The van der Waals surface area contributed by atoms with E-state index in [1.807, 2.05) is 0 Å². The molecule has 0 saturated heterocycles. The van der Waals surface area contributed by atoms with Gasteiger partial charge in [0.2, 0.25) is 0 Å². The smallest absolute Gasteiger partial charge is 0.264 e. The summed E-state index contributed by atoms with van der Waals surface area (Å²) in [5, 5.41) is 0.572. The Balaban J connectivity index is 1.69. The zero-order chi connectivity index (χ0) is 23.8. The maximum atomic E-state index is 14.1. The highest BCUT2D eigenvalue weighted by Crippen LogP contribution is 2.36. The molecular formula is C21H19FN4O5S2. The average Bonchev–Trinajstić information content (AvgIpc) is 3.35. The molecule has 0 bridgehead atoms. The molecule has 0 radical (unpaired) electrons. The molecule has 172 valence electrons. The summed E-state index contributed by atoms with van der Waals surface area (Å²) >= 11 is 1.09. The first kappa shape index (κ1) is 22.8. The third-order valence-electron chi connectivity index (χ3n) is 4.70. The Morgan fingerprint density at radius 3 is 2.73 bits per heavy atom. The Morgan fingerprint density at radius 1 is 1.27 bits per heavy atom. The summed E-state index contributed by atoms with van der Waals surface area (Å²) < 4.78 is 49.1. The number of pyridine rings is 1. The Labute approximate surface area is 192 Å². The standard InChI is InChI=1S/C21H19FN4O5S2/c1-12(14-5-3-4-6-15(14)22)31-18-8-19(32-20(18)21(23)27)26-11-25-16-9-24-13(7-17(16)26)10-30-33(2,28)29/h3-9,11-12H,10H2,1-2H3,(H2,23,27). The van der Waals surface area contributed by atoms with Gasteiger partial charge < -0.3 is 10.5 Å². The number of ether oxygens (including phenoxy) is 1. The fourth-order valence-electron chi connectivity index (χ4n) is 3.17. The molecule has 12 heteroatoms. The van der Waals surface area contributed by atoms with Gasteiger partial charge in [0.1, 0.15) is 46.0 Å². The van der Waals surface area contributed by atoms with Crippen molar-refractivity contribution in [3.05, 3.63) is 70.9 Å². The number of carbonyl (C=O) groups is 1. The van der Waals surface area contributed by atoms with Gasteiger partial charge in [0, 0.05) is 11.6 Å². The minimum atomic E-state index is -3.63. The number of halogens is 1. The quantitative estimate of drug-likeness (QED) is 0.375. The van der Waals surface area contributed by atoms with Gasteiger partial charge >= 0.3 is 0 Å². The Bertz CT molecular complexity index is 1450. The van der Waals surface area contributed by atoms with E-state index in [0.717, 1.165) is 17.6 Å². The molecule has 1 aromatic carbocycles. The lowest BCUT2D eigenvalue weighted by Crippen LogP contribution is -2.12. The van der Waals surface area contributed by atoms with Crippen molar-refractivity contribution in [1.82, 2.24) is 14.5 Å². The van der Waals surface area contributed by atoms with Crippen LogP contribution in [0.15, 0.2) is 48.9 Å². The van der Waals surface area contributed by atoms with Crippen LogP contribution in [0.2, 0.25) is 0 Å². The van der Waals surface area contributed by atoms with Crippen molar-refractivity contribution in [3.63, 3.8) is 0 Å². The van der Waals surface area contributed by atoms with E-state index in [1.54, 1.807) is 41.8 Å². The van der Waals surface area contributed by atoms with E-state index in [0.29, 0.717) is 27.3 Å². The number of amides is 1. The number of hydrogen-bond donors (Lipinski definition) is 1. The number of rotatable bonds is 8. The van der Waals surface area contributed by atoms with Crippen LogP contribution in [0.5, 0.6) is 5.75 Å². The molecule has 1 amide bonds. The topological polar surface area (TPSA) is 126 Å². The highest BCUT2D eigenvalue weighted by Gasteiger charge is 2.21. The second-order valence-electron chi connectivity index (χ2n) is 7.17. The fraction of sp³-hybridized carbons (Fsp3) is 0.190. The van der Waals surface area contributed by atoms with Crippen LogP contribution in [0.3, 0.4) is 0 Å². The first-order chi connectivity index (χ1) is 15.6. The van der Waals surface area contributed by atoms with E-state index in [4.69, 9.17) is 14.7 Å². The lowest BCUT2D eigenvalue weighted by molar-refractivity contribution is 0.0998. The van der Waals surface area contributed by atoms with Crippen LogP contribution in [-0.4, -0.2) is 35.1 Å². The zero-order valence-corrected chi connectivity index (χ0v) is 19.2. The summed E-state index contributed by atoms with van der Waals surface area (Å²) in [6.07, 6.45) is 3.31. The fourth-order valence-corrected chi connectivity index (χ4v) is 4.44. The van der Waals surface area contributed by atoms with Gasteiger partial charge in [0.25, 0.3) is 16.0 Å². The molecule has 3 heterocycles. The molecule has 1 unspecified atom stereocenters. The Hall–Kier alpha value is -3.35. The van der Waals surface area contributed by atoms with Crippen LogP contribution in [0.25, 0.3) is 16.0 Å². The van der Waals surface area contributed by atoms with Crippen molar-refractivity contribution < 1.29 is 26.5 Å². The minimum Gasteiger partial charge on any atom is -0.484 e. The van der Waals surface area contributed by atoms with E-state index in [1.165, 1.54) is 18.6 Å². The lowest BCUT2D eigenvalue weighted by atomic mass is 10.1. The van der Waals surface area contributed by atoms with Gasteiger partial charge in [-0.05, 0) is 19.1 Å². The second kappa shape index (κ2) is 8.89. The van der Waals surface area contributed by atoms with E-state index in [-0.39, 0.29) is 17.2 Å². The molecular weight excluding hydrogens is 471 g/mol. The molecule has 0 aliphatic rings. The van der Waals surface area contributed by atoms with Gasteiger partial charge in [0.05, 0.1) is 23.7 Å². The summed E-state index contributed by atoms with van der Waals surface area (Å²) in [7, 11) is -3.63. The van der Waals surface area contributed by atoms with Gasteiger partial charge in [-0.25, -0.2) is 9.37 Å². The third-order valence-corrected chi connectivity index (χ3v) is 6.38. The van der Waals surface area contributed by atoms with Gasteiger partial charge in [-0.1, -0.05) is 18.2 Å². The molecule has 3 aromatic heterocycles. The number of benzene rings is 1. The molecule has 0 saturated carbocycles. The molecule has 2 N–H and O–H groups in total. The molecule has 4 aromatic rings. The maximum Gasteiger partial charge on any atom is 0.264 e. The van der Waals surface area contributed by atoms with E-state index >= 15 is 0 Å². The van der Waals surface area contributed by atoms with Crippen LogP contribution < -0.4 is 10.5 Å². The van der Waals surface area contributed by atoms with Crippen molar-refractivity contribution in [2.75, 3.05) is 6.26 Å². The van der Waals surface area contributed by atoms with Crippen LogP contribution in [-0.2, 0) is 20.9 Å². The largest absolute Gasteiger partial charge is 0.484 e. The predicted molar refractivity (Wildman–Crippen MR) is 120 cm³/mol. The van der Waals surface area contributed by atoms with Crippen LogP contribution in [0.1, 0.15) is 34.0 Å². The summed E-state index contributed by atoms with van der Waals surface area (Å²) in [5.74, 6) is -0.886. The van der Waals surface area contributed by atoms with Crippen LogP contribution in [0.4, 0.5) is 4.39 Å². The summed E-state index contributed by atoms with van der Waals surface area (Å²) in [6.45, 7) is 1.44. The number of imidazole rings is 1. The molecule has 4 rings (SSSR count). The first-order valence-corrected chi connectivity index (χ1v) is 12.3. The average molecular weight is 491 g/mol. The van der Waals surface area contributed by atoms with Crippen LogP contribution in [0, 0.1) is 5.82 Å². The van der Waals surface area contributed by atoms with E-state index < -0.39 is 27.9 Å². The van der Waals surface area contributed by atoms with Crippen LogP contribution >= 0.6 is 11.3 Å². The van der Waals surface area contributed by atoms with Crippen molar-refractivity contribution in [2.24, 2.45) is 5.73 Å². The number of primary amides is 1. The molecule has 0 aliphatic carbocycles. The number of fused-ring (bicyclic) bond motifs is 1. The molecule has 0 spiro atoms. The number of nitrogens with two attached hydrogens (primary N) is 1. The molecule has 0 fully saturated rings. The normalized spacial score (nSPS) is 12.7. The highest BCUT2D eigenvalue weighted by molar-refractivity contribution is 7.85. The van der Waals surface area contributed by atoms with Crippen molar-refractivity contribution in [2.45, 2.75) is 19.6 Å². The van der Waals surface area contributed by atoms with Gasteiger partial charge in [-0.15, -0.1) is 11.3 Å². The van der Waals surface area contributed by atoms with Crippen molar-refractivity contribution in [1.29, 1.82) is 0 Å². The Morgan fingerprint density at radius 2 is 2.03 bits per heavy atom. The second-order valence-corrected chi connectivity index (χ2v) is 9.84. The summed E-state index contributed by atoms with van der Waals surface area (Å²) in [4.78, 5) is 20.7. The predicted octanol–water partition coefficient (Wildman–Crippen LogP) is 3.34. The van der Waals surface area contributed by atoms with Gasteiger partial charge in [0.15, 0.2) is 0 Å². The van der Waals surface area contributed by atoms with Crippen molar-refractivity contribution >= 4 is 38.4 Å². The number of aromatic nitrogens is 3. The van der Waals surface area contributed by atoms with E-state index in [9.17, 15) is 17.6 Å². The Kier molecular flexibility index (Phi) is 6.15. The van der Waals surface area contributed by atoms with Gasteiger partial charge in [-0.3, -0.25) is 18.5 Å². The molecule has 0 aliphatic heterocycles. The molecule has 1 atom stereocenters. The van der Waals surface area contributed by atoms with Gasteiger partial charge in [-0.2, -0.15) is 8.42 Å². The lowest BCUT2D eigenvalue weighted by Gasteiger charge is -2.15. The first-order valence-electron chi connectivity index (χ1n) is 9.64. The van der Waals surface area contributed by atoms with E-state index in [2.05, 4.69) is 9.97 Å². The SMILES string of the molecule is CC(Oc1cc(-n2cnc3cnc(COS(C)(=O)=O)cc32)sc1C(N)=O)c1ccccc1F. The summed E-state index contributed by atoms with van der Waals surface area (Å²) in [6, 6.07) is 9.48. The summed E-state index contributed by atoms with van der Waals surface area (Å²) in [5.41, 5.74) is 7.44. The molecule has 33 heavy (non-hydrogen) atoms.